The van der Waals surface area contributed by atoms with Crippen molar-refractivity contribution < 1.29 is 0 Å². The molecule has 3 heteroatoms. The van der Waals surface area contributed by atoms with Crippen LogP contribution in [-0.4, -0.2) is 16.9 Å². The Labute approximate surface area is 431 Å². The molecule has 13 rings (SSSR count). The third kappa shape index (κ3) is 6.60. The van der Waals surface area contributed by atoms with Crippen molar-refractivity contribution in [3.8, 4) is 11.1 Å². The van der Waals surface area contributed by atoms with E-state index in [9.17, 15) is 0 Å². The summed E-state index contributed by atoms with van der Waals surface area (Å²) >= 11 is 0. The molecule has 4 aromatic heterocycles. The third-order valence-corrected chi connectivity index (χ3v) is 21.5. The Hall–Kier alpha value is -7.20. The molecule has 0 amide bonds. The predicted octanol–water partition coefficient (Wildman–Crippen LogP) is 16.2. The molecule has 0 aliphatic carbocycles. The van der Waals surface area contributed by atoms with Crippen molar-refractivity contribution in [2.24, 2.45) is 0 Å². The second-order valence-electron chi connectivity index (χ2n) is 25.4. The highest BCUT2D eigenvalue weighted by atomic mass is 28.3. The van der Waals surface area contributed by atoms with E-state index in [1.165, 1.54) is 130 Å². The van der Waals surface area contributed by atoms with Gasteiger partial charge >= 0.3 is 0 Å². The first-order valence-corrected chi connectivity index (χ1v) is 28.5. The summed E-state index contributed by atoms with van der Waals surface area (Å²) in [5.74, 6) is 0. The summed E-state index contributed by atoms with van der Waals surface area (Å²) in [5, 5.41) is 16.1. The molecule has 0 aliphatic rings. The molecule has 4 heterocycles. The molecule has 0 atom stereocenters. The number of hydrogen-bond acceptors (Lipinski definition) is 0. The van der Waals surface area contributed by atoms with Crippen LogP contribution in [0.5, 0.6) is 0 Å². The molecule has 0 spiro atoms. The molecule has 0 saturated carbocycles. The van der Waals surface area contributed by atoms with Crippen LogP contribution in [0.2, 0.25) is 0 Å². The van der Waals surface area contributed by atoms with E-state index in [-0.39, 0.29) is 21.7 Å². The first kappa shape index (κ1) is 45.6. The van der Waals surface area contributed by atoms with Crippen LogP contribution in [-0.2, 0) is 21.7 Å². The molecule has 0 bridgehead atoms. The molecular weight excluding hydrogens is 897 g/mol. The van der Waals surface area contributed by atoms with Gasteiger partial charge in [-0.2, -0.15) is 0 Å². The maximum Gasteiger partial charge on any atom is 0.179 e. The van der Waals surface area contributed by atoms with Gasteiger partial charge in [-0.05, 0) is 125 Å². The minimum absolute atomic E-state index is 0.00150. The monoisotopic (exact) mass is 962 g/mol. The quantitative estimate of drug-likeness (QED) is 0.120. The van der Waals surface area contributed by atoms with Crippen LogP contribution in [0.3, 0.4) is 0 Å². The van der Waals surface area contributed by atoms with E-state index in [2.05, 4.69) is 274 Å². The summed E-state index contributed by atoms with van der Waals surface area (Å²) < 4.78 is 5.32. The van der Waals surface area contributed by atoms with Crippen molar-refractivity contribution in [3.05, 3.63) is 204 Å². The molecule has 0 saturated heterocycles. The molecule has 73 heavy (non-hydrogen) atoms. The predicted molar refractivity (Wildman–Crippen MR) is 320 cm³/mol. The van der Waals surface area contributed by atoms with Gasteiger partial charge in [-0.3, -0.25) is 0 Å². The average Bonchev–Trinajstić information content (AvgIpc) is 4.09. The van der Waals surface area contributed by atoms with E-state index in [0.29, 0.717) is 0 Å². The van der Waals surface area contributed by atoms with Gasteiger partial charge < -0.3 is 8.80 Å². The van der Waals surface area contributed by atoms with Crippen molar-refractivity contribution in [1.29, 1.82) is 0 Å². The maximum atomic E-state index is 2.68. The van der Waals surface area contributed by atoms with Crippen molar-refractivity contribution in [2.45, 2.75) is 105 Å². The van der Waals surface area contributed by atoms with Crippen LogP contribution in [0.1, 0.15) is 105 Å². The van der Waals surface area contributed by atoms with Crippen LogP contribution >= 0.6 is 0 Å². The Bertz CT molecular complexity index is 4210. The number of benzene rings is 9. The summed E-state index contributed by atoms with van der Waals surface area (Å²) in [7, 11) is -2.91. The Kier molecular flexibility index (Phi) is 9.64. The summed E-state index contributed by atoms with van der Waals surface area (Å²) in [6.45, 7) is 28.3. The molecule has 13 aromatic rings. The van der Waals surface area contributed by atoms with E-state index in [1.54, 1.807) is 0 Å². The second-order valence-corrected chi connectivity index (χ2v) is 29.3. The first-order chi connectivity index (χ1) is 34.7. The van der Waals surface area contributed by atoms with Gasteiger partial charge in [-0.1, -0.05) is 210 Å². The van der Waals surface area contributed by atoms with E-state index >= 15 is 0 Å². The SMILES string of the molecule is CC(C)(C)c1ccc2c(c1)c1cc(C(C)(C)C)cc3c4c(-c5cccc([Si](c6ccccc6)(c6ccccc6)c6ccccc6)c5)c5c(cc4n2c13)c1cc(C(C)(C)C)cc2c3cc(C(C)(C)C)ccc3n5c21. The minimum atomic E-state index is -2.91. The third-order valence-electron chi connectivity index (χ3n) is 16.7. The molecule has 0 fully saturated rings. The van der Waals surface area contributed by atoms with Crippen molar-refractivity contribution in [1.82, 2.24) is 8.80 Å². The molecule has 0 aliphatic heterocycles. The molecule has 360 valence electrons. The van der Waals surface area contributed by atoms with Crippen molar-refractivity contribution >= 4 is 105 Å². The number of nitrogens with zero attached hydrogens (tertiary/aromatic N) is 2. The lowest BCUT2D eigenvalue weighted by Crippen LogP contribution is -2.74. The van der Waals surface area contributed by atoms with Gasteiger partial charge in [0.2, 0.25) is 0 Å². The molecule has 0 unspecified atom stereocenters. The van der Waals surface area contributed by atoms with E-state index in [1.807, 2.05) is 0 Å². The van der Waals surface area contributed by atoms with E-state index in [4.69, 9.17) is 0 Å². The number of aromatic nitrogens is 2. The van der Waals surface area contributed by atoms with Gasteiger partial charge in [0.1, 0.15) is 0 Å². The van der Waals surface area contributed by atoms with Gasteiger partial charge in [-0.15, -0.1) is 0 Å². The van der Waals surface area contributed by atoms with Crippen molar-refractivity contribution in [3.63, 3.8) is 0 Å². The number of rotatable bonds is 5. The summed E-state index contributed by atoms with van der Waals surface area (Å²) in [6.07, 6.45) is 0. The highest BCUT2D eigenvalue weighted by Crippen LogP contribution is 2.52. The highest BCUT2D eigenvalue weighted by Gasteiger charge is 2.42. The lowest BCUT2D eigenvalue weighted by Gasteiger charge is -2.34. The minimum Gasteiger partial charge on any atom is -0.308 e. The topological polar surface area (TPSA) is 8.82 Å². The Morgan fingerprint density at radius 3 is 1.14 bits per heavy atom. The van der Waals surface area contributed by atoms with Gasteiger partial charge in [0.15, 0.2) is 8.07 Å². The molecular formula is C70H66N2Si. The standard InChI is InChI=1S/C70H66N2Si/c1-67(2,3)44-31-33-59-52(36-44)55-39-47(70(10,11)12)41-58-63-61(71(59)65(55)58)42-57-56-40-46(69(7,8)9)38-54-53-37-45(68(4,5)6)32-34-60(53)72(64(54)56)66(57)62(63)43-23-22-30-51(35-43)73(48-24-16-13-17-25-48,49-26-18-14-19-27-49)50-28-20-15-21-29-50/h13-42H,1-12H3. The zero-order valence-electron chi connectivity index (χ0n) is 44.7. The Balaban J connectivity index is 1.28. The van der Waals surface area contributed by atoms with Gasteiger partial charge in [0.25, 0.3) is 0 Å². The van der Waals surface area contributed by atoms with Gasteiger partial charge in [0.05, 0.1) is 33.1 Å². The van der Waals surface area contributed by atoms with Crippen molar-refractivity contribution in [2.75, 3.05) is 0 Å². The van der Waals surface area contributed by atoms with Crippen LogP contribution in [0.25, 0.3) is 87.3 Å². The maximum absolute atomic E-state index is 2.91. The molecule has 0 N–H and O–H groups in total. The first-order valence-electron chi connectivity index (χ1n) is 26.5. The van der Waals surface area contributed by atoms with Crippen LogP contribution < -0.4 is 20.7 Å². The molecule has 2 nitrogen and oxygen atoms in total. The lowest BCUT2D eigenvalue weighted by molar-refractivity contribution is 0.590. The van der Waals surface area contributed by atoms with Crippen LogP contribution in [0, 0.1) is 0 Å². The highest BCUT2D eigenvalue weighted by molar-refractivity contribution is 7.20. The molecule has 9 aromatic carbocycles. The zero-order valence-corrected chi connectivity index (χ0v) is 45.7. The fourth-order valence-electron chi connectivity index (χ4n) is 12.8. The smallest absolute Gasteiger partial charge is 0.179 e. The largest absolute Gasteiger partial charge is 0.308 e. The van der Waals surface area contributed by atoms with Gasteiger partial charge in [0, 0.05) is 48.7 Å². The zero-order chi connectivity index (χ0) is 50.7. The Morgan fingerprint density at radius 1 is 0.288 bits per heavy atom. The fraction of sp³-hybridized carbons (Fsp3) is 0.229. The number of hydrogen-bond donors (Lipinski definition) is 0. The lowest BCUT2D eigenvalue weighted by atomic mass is 9.83. The summed E-state index contributed by atoms with van der Waals surface area (Å²) in [4.78, 5) is 0. The number of fused-ring (bicyclic) bond motifs is 12. The van der Waals surface area contributed by atoms with E-state index in [0.717, 1.165) is 0 Å². The van der Waals surface area contributed by atoms with Gasteiger partial charge in [-0.25, -0.2) is 0 Å². The summed E-state index contributed by atoms with van der Waals surface area (Å²) in [5.41, 5.74) is 15.5. The summed E-state index contributed by atoms with van der Waals surface area (Å²) in [6, 6.07) is 71.4. The van der Waals surface area contributed by atoms with Crippen LogP contribution in [0.15, 0.2) is 182 Å². The second kappa shape index (κ2) is 15.4. The Morgan fingerprint density at radius 2 is 0.671 bits per heavy atom. The fourth-order valence-corrected chi connectivity index (χ4v) is 17.6. The normalized spacial score (nSPS) is 13.5. The average molecular weight is 963 g/mol. The van der Waals surface area contributed by atoms with E-state index < -0.39 is 8.07 Å². The van der Waals surface area contributed by atoms with Crippen LogP contribution in [0.4, 0.5) is 0 Å². The molecule has 0 radical (unpaired) electrons.